The fraction of sp³-hybridized carbons (Fsp3) is 0.0526. The van der Waals surface area contributed by atoms with Crippen LogP contribution >= 0.6 is 11.3 Å². The highest BCUT2D eigenvalue weighted by Crippen LogP contribution is 2.23. The zero-order valence-electron chi connectivity index (χ0n) is 12.9. The molecule has 0 atom stereocenters. The van der Waals surface area contributed by atoms with Crippen LogP contribution in [-0.4, -0.2) is 10.9 Å². The minimum Gasteiger partial charge on any atom is -0.431 e. The predicted octanol–water partition coefficient (Wildman–Crippen LogP) is 4.27. The molecule has 0 unspecified atom stereocenters. The molecule has 0 aliphatic rings. The summed E-state index contributed by atoms with van der Waals surface area (Å²) in [7, 11) is 0. The average Bonchev–Trinajstić information content (AvgIpc) is 3.13. The van der Waals surface area contributed by atoms with Crippen LogP contribution in [0, 0.1) is 0 Å². The van der Waals surface area contributed by atoms with Crippen molar-refractivity contribution in [1.82, 2.24) is 10.3 Å². The van der Waals surface area contributed by atoms with Crippen LogP contribution in [-0.2, 0) is 11.3 Å². The molecule has 0 bridgehead atoms. The normalized spacial score (nSPS) is 10.7. The summed E-state index contributed by atoms with van der Waals surface area (Å²) < 4.78 is 5.60. The van der Waals surface area contributed by atoms with Crippen LogP contribution in [0.25, 0.3) is 6.08 Å². The van der Waals surface area contributed by atoms with Gasteiger partial charge in [-0.1, -0.05) is 53.8 Å². The lowest BCUT2D eigenvalue weighted by Crippen LogP contribution is -2.20. The second-order valence-corrected chi connectivity index (χ2v) is 5.86. The standard InChI is InChI=1S/C19H16N2O2S/c22-18(11-8-15-4-2-1-3-5-15)21-14-16-6-9-17(10-7-16)23-19-20-12-13-24-19/h1-13H,14H2,(H,21,22)/b11-8+. The molecule has 0 saturated heterocycles. The second-order valence-electron chi connectivity index (χ2n) is 5.01. The van der Waals surface area contributed by atoms with Crippen LogP contribution < -0.4 is 10.1 Å². The summed E-state index contributed by atoms with van der Waals surface area (Å²) >= 11 is 1.44. The van der Waals surface area contributed by atoms with Gasteiger partial charge in [0.2, 0.25) is 5.91 Å². The number of hydrogen-bond donors (Lipinski definition) is 1. The monoisotopic (exact) mass is 336 g/mol. The number of thiazole rings is 1. The van der Waals surface area contributed by atoms with Crippen LogP contribution in [0.3, 0.4) is 0 Å². The molecule has 3 aromatic rings. The molecule has 1 heterocycles. The van der Waals surface area contributed by atoms with Gasteiger partial charge in [0.25, 0.3) is 5.19 Å². The van der Waals surface area contributed by atoms with Gasteiger partial charge >= 0.3 is 0 Å². The Hall–Kier alpha value is -2.92. The highest BCUT2D eigenvalue weighted by molar-refractivity contribution is 7.11. The fourth-order valence-electron chi connectivity index (χ4n) is 2.02. The molecule has 1 amide bonds. The minimum atomic E-state index is -0.123. The molecule has 0 fully saturated rings. The third-order valence-electron chi connectivity index (χ3n) is 3.23. The first-order valence-corrected chi connectivity index (χ1v) is 8.35. The number of nitrogens with one attached hydrogen (secondary N) is 1. The minimum absolute atomic E-state index is 0.123. The molecule has 4 nitrogen and oxygen atoms in total. The summed E-state index contributed by atoms with van der Waals surface area (Å²) in [6.45, 7) is 0.468. The van der Waals surface area contributed by atoms with Crippen molar-refractivity contribution in [1.29, 1.82) is 0 Å². The van der Waals surface area contributed by atoms with E-state index in [0.717, 1.165) is 16.9 Å². The van der Waals surface area contributed by atoms with Crippen LogP contribution in [0.15, 0.2) is 72.3 Å². The van der Waals surface area contributed by atoms with Crippen molar-refractivity contribution >= 4 is 23.3 Å². The molecule has 0 spiro atoms. The van der Waals surface area contributed by atoms with E-state index in [1.165, 1.54) is 17.4 Å². The maximum Gasteiger partial charge on any atom is 0.278 e. The maximum absolute atomic E-state index is 11.8. The predicted molar refractivity (Wildman–Crippen MR) is 96.0 cm³/mol. The van der Waals surface area contributed by atoms with Crippen molar-refractivity contribution in [3.05, 3.63) is 83.4 Å². The lowest BCUT2D eigenvalue weighted by Gasteiger charge is -2.05. The van der Waals surface area contributed by atoms with Crippen LogP contribution in [0.4, 0.5) is 0 Å². The van der Waals surface area contributed by atoms with E-state index in [-0.39, 0.29) is 5.91 Å². The molecule has 120 valence electrons. The number of carbonyl (C=O) groups is 1. The van der Waals surface area contributed by atoms with Gasteiger partial charge in [0.15, 0.2) is 0 Å². The summed E-state index contributed by atoms with van der Waals surface area (Å²) in [5, 5.41) is 5.33. The zero-order chi connectivity index (χ0) is 16.6. The largest absolute Gasteiger partial charge is 0.431 e. The van der Waals surface area contributed by atoms with Gasteiger partial charge in [-0.3, -0.25) is 4.79 Å². The number of benzene rings is 2. The first-order valence-electron chi connectivity index (χ1n) is 7.47. The summed E-state index contributed by atoms with van der Waals surface area (Å²) in [5.41, 5.74) is 2.00. The van der Waals surface area contributed by atoms with Crippen molar-refractivity contribution in [3.63, 3.8) is 0 Å². The van der Waals surface area contributed by atoms with E-state index in [1.54, 1.807) is 12.3 Å². The summed E-state index contributed by atoms with van der Waals surface area (Å²) in [5.74, 6) is 0.603. The molecule has 5 heteroatoms. The van der Waals surface area contributed by atoms with E-state index in [2.05, 4.69) is 10.3 Å². The van der Waals surface area contributed by atoms with Crippen LogP contribution in [0.2, 0.25) is 0 Å². The number of amides is 1. The Morgan fingerprint density at radius 3 is 2.62 bits per heavy atom. The lowest BCUT2D eigenvalue weighted by molar-refractivity contribution is -0.116. The third kappa shape index (κ3) is 4.79. The number of rotatable bonds is 6. The van der Waals surface area contributed by atoms with Gasteiger partial charge in [0, 0.05) is 24.2 Å². The average molecular weight is 336 g/mol. The molecule has 24 heavy (non-hydrogen) atoms. The van der Waals surface area contributed by atoms with Crippen molar-refractivity contribution in [2.75, 3.05) is 0 Å². The Labute approximate surface area is 144 Å². The Morgan fingerprint density at radius 1 is 1.12 bits per heavy atom. The van der Waals surface area contributed by atoms with E-state index in [1.807, 2.05) is 60.0 Å². The third-order valence-corrected chi connectivity index (χ3v) is 3.88. The second kappa shape index (κ2) is 8.08. The summed E-state index contributed by atoms with van der Waals surface area (Å²) in [4.78, 5) is 15.9. The molecule has 3 rings (SSSR count). The first kappa shape index (κ1) is 16.0. The van der Waals surface area contributed by atoms with E-state index in [9.17, 15) is 4.79 Å². The van der Waals surface area contributed by atoms with Crippen LogP contribution in [0.1, 0.15) is 11.1 Å². The lowest BCUT2D eigenvalue weighted by atomic mass is 10.2. The van der Waals surface area contributed by atoms with Gasteiger partial charge < -0.3 is 10.1 Å². The van der Waals surface area contributed by atoms with Gasteiger partial charge in [0.05, 0.1) is 0 Å². The molecule has 0 radical (unpaired) electrons. The van der Waals surface area contributed by atoms with E-state index >= 15 is 0 Å². The smallest absolute Gasteiger partial charge is 0.278 e. The Kier molecular flexibility index (Phi) is 5.37. The van der Waals surface area contributed by atoms with Gasteiger partial charge in [-0.05, 0) is 29.3 Å². The van der Waals surface area contributed by atoms with Gasteiger partial charge in [-0.25, -0.2) is 4.98 Å². The van der Waals surface area contributed by atoms with Crippen LogP contribution in [0.5, 0.6) is 10.9 Å². The maximum atomic E-state index is 11.8. The summed E-state index contributed by atoms with van der Waals surface area (Å²) in [6, 6.07) is 17.3. The van der Waals surface area contributed by atoms with E-state index in [0.29, 0.717) is 11.7 Å². The molecule has 0 aliphatic carbocycles. The molecule has 1 aromatic heterocycles. The molecular formula is C19H16N2O2S. The molecular weight excluding hydrogens is 320 g/mol. The SMILES string of the molecule is O=C(/C=C/c1ccccc1)NCc1ccc(Oc2nccs2)cc1. The highest BCUT2D eigenvalue weighted by Gasteiger charge is 2.01. The van der Waals surface area contributed by atoms with Gasteiger partial charge in [-0.15, -0.1) is 0 Å². The Bertz CT molecular complexity index is 797. The van der Waals surface area contributed by atoms with Crippen molar-refractivity contribution in [2.24, 2.45) is 0 Å². The molecule has 0 aliphatic heterocycles. The molecule has 1 N–H and O–H groups in total. The van der Waals surface area contributed by atoms with E-state index < -0.39 is 0 Å². The molecule has 0 saturated carbocycles. The Balaban J connectivity index is 1.49. The quantitative estimate of drug-likeness (QED) is 0.684. The number of nitrogens with zero attached hydrogens (tertiary/aromatic N) is 1. The Morgan fingerprint density at radius 2 is 1.92 bits per heavy atom. The van der Waals surface area contributed by atoms with Crippen molar-refractivity contribution in [2.45, 2.75) is 6.54 Å². The highest BCUT2D eigenvalue weighted by atomic mass is 32.1. The fourth-order valence-corrected chi connectivity index (χ4v) is 2.53. The van der Waals surface area contributed by atoms with E-state index in [4.69, 9.17) is 4.74 Å². The van der Waals surface area contributed by atoms with Gasteiger partial charge in [0.1, 0.15) is 5.75 Å². The topological polar surface area (TPSA) is 51.2 Å². The van der Waals surface area contributed by atoms with Crippen molar-refractivity contribution in [3.8, 4) is 10.9 Å². The first-order chi connectivity index (χ1) is 11.8. The van der Waals surface area contributed by atoms with Gasteiger partial charge in [-0.2, -0.15) is 0 Å². The number of ether oxygens (including phenoxy) is 1. The van der Waals surface area contributed by atoms with Crippen molar-refractivity contribution < 1.29 is 9.53 Å². The number of hydrogen-bond acceptors (Lipinski definition) is 4. The number of aromatic nitrogens is 1. The summed E-state index contributed by atoms with van der Waals surface area (Å²) in [6.07, 6.45) is 5.03. The zero-order valence-corrected chi connectivity index (χ0v) is 13.7. The number of carbonyl (C=O) groups excluding carboxylic acids is 1. The molecule has 2 aromatic carbocycles.